The van der Waals surface area contributed by atoms with Crippen molar-refractivity contribution in [3.8, 4) is 5.75 Å². The summed E-state index contributed by atoms with van der Waals surface area (Å²) in [6, 6.07) is 8.18. The molecule has 116 valence electrons. The molecule has 2 heterocycles. The van der Waals surface area contributed by atoms with Gasteiger partial charge in [-0.2, -0.15) is 0 Å². The number of hydrogen-bond donors (Lipinski definition) is 2. The molecule has 0 spiro atoms. The van der Waals surface area contributed by atoms with Crippen LogP contribution in [0.3, 0.4) is 0 Å². The van der Waals surface area contributed by atoms with E-state index >= 15 is 0 Å². The SMILES string of the molecule is C=CC1CCC(C(N)c2ccnc3ccc(OC)cc23)NC1. The van der Waals surface area contributed by atoms with Gasteiger partial charge in [0.1, 0.15) is 5.75 Å². The van der Waals surface area contributed by atoms with Crippen LogP contribution in [0.25, 0.3) is 10.9 Å². The Morgan fingerprint density at radius 3 is 2.95 bits per heavy atom. The first kappa shape index (κ1) is 15.0. The summed E-state index contributed by atoms with van der Waals surface area (Å²) in [4.78, 5) is 4.43. The molecule has 3 N–H and O–H groups in total. The molecular formula is C18H23N3O. The van der Waals surface area contributed by atoms with Crippen LogP contribution in [0.5, 0.6) is 5.75 Å². The van der Waals surface area contributed by atoms with Crippen molar-refractivity contribution in [1.82, 2.24) is 10.3 Å². The van der Waals surface area contributed by atoms with E-state index in [1.807, 2.05) is 36.5 Å². The van der Waals surface area contributed by atoms with Crippen LogP contribution in [0.4, 0.5) is 0 Å². The van der Waals surface area contributed by atoms with Crippen molar-refractivity contribution >= 4 is 10.9 Å². The second-order valence-corrected chi connectivity index (χ2v) is 5.90. The highest BCUT2D eigenvalue weighted by Gasteiger charge is 2.25. The molecule has 0 aliphatic carbocycles. The summed E-state index contributed by atoms with van der Waals surface area (Å²) in [6.45, 7) is 4.83. The fourth-order valence-electron chi connectivity index (χ4n) is 3.19. The Balaban J connectivity index is 1.90. The average molecular weight is 297 g/mol. The Labute approximate surface area is 131 Å². The summed E-state index contributed by atoms with van der Waals surface area (Å²) in [6.07, 6.45) is 6.06. The summed E-state index contributed by atoms with van der Waals surface area (Å²) < 4.78 is 5.34. The Hall–Kier alpha value is -1.91. The third kappa shape index (κ3) is 2.85. The molecule has 3 atom stereocenters. The Morgan fingerprint density at radius 2 is 2.27 bits per heavy atom. The Kier molecular flexibility index (Phi) is 4.41. The van der Waals surface area contributed by atoms with E-state index in [0.29, 0.717) is 5.92 Å². The highest BCUT2D eigenvalue weighted by molar-refractivity contribution is 5.84. The van der Waals surface area contributed by atoms with Gasteiger partial charge in [-0.3, -0.25) is 4.98 Å². The van der Waals surface area contributed by atoms with Crippen LogP contribution in [0.2, 0.25) is 0 Å². The summed E-state index contributed by atoms with van der Waals surface area (Å²) in [7, 11) is 1.68. The third-order valence-corrected chi connectivity index (χ3v) is 4.60. The molecule has 4 heteroatoms. The second-order valence-electron chi connectivity index (χ2n) is 5.90. The van der Waals surface area contributed by atoms with Gasteiger partial charge >= 0.3 is 0 Å². The zero-order valence-corrected chi connectivity index (χ0v) is 13.0. The lowest BCUT2D eigenvalue weighted by Gasteiger charge is -2.32. The van der Waals surface area contributed by atoms with Gasteiger partial charge in [0.25, 0.3) is 0 Å². The summed E-state index contributed by atoms with van der Waals surface area (Å²) >= 11 is 0. The maximum Gasteiger partial charge on any atom is 0.119 e. The lowest BCUT2D eigenvalue weighted by atomic mass is 9.87. The molecule has 0 saturated carbocycles. The molecule has 4 nitrogen and oxygen atoms in total. The van der Waals surface area contributed by atoms with Crippen molar-refractivity contribution < 1.29 is 4.74 Å². The molecule has 3 rings (SSSR count). The number of nitrogens with zero attached hydrogens (tertiary/aromatic N) is 1. The molecule has 1 saturated heterocycles. The summed E-state index contributed by atoms with van der Waals surface area (Å²) in [5, 5.41) is 4.64. The average Bonchev–Trinajstić information content (AvgIpc) is 2.60. The molecule has 2 aromatic rings. The minimum Gasteiger partial charge on any atom is -0.497 e. The third-order valence-electron chi connectivity index (χ3n) is 4.60. The van der Waals surface area contributed by atoms with E-state index in [9.17, 15) is 0 Å². The molecule has 1 fully saturated rings. The van der Waals surface area contributed by atoms with Crippen molar-refractivity contribution in [2.45, 2.75) is 24.9 Å². The first-order chi connectivity index (χ1) is 10.7. The van der Waals surface area contributed by atoms with Gasteiger partial charge in [-0.25, -0.2) is 0 Å². The summed E-state index contributed by atoms with van der Waals surface area (Å²) in [5.41, 5.74) is 8.63. The van der Waals surface area contributed by atoms with Gasteiger partial charge in [0.2, 0.25) is 0 Å². The number of aromatic nitrogens is 1. The molecule has 0 amide bonds. The number of nitrogens with one attached hydrogen (secondary N) is 1. The van der Waals surface area contributed by atoms with Crippen LogP contribution in [0, 0.1) is 5.92 Å². The number of methoxy groups -OCH3 is 1. The van der Waals surface area contributed by atoms with E-state index in [-0.39, 0.29) is 12.1 Å². The van der Waals surface area contributed by atoms with E-state index in [1.54, 1.807) is 7.11 Å². The van der Waals surface area contributed by atoms with Gasteiger partial charge < -0.3 is 15.8 Å². The van der Waals surface area contributed by atoms with E-state index in [4.69, 9.17) is 10.5 Å². The minimum absolute atomic E-state index is 0.0524. The van der Waals surface area contributed by atoms with E-state index in [2.05, 4.69) is 16.9 Å². The van der Waals surface area contributed by atoms with Gasteiger partial charge in [0, 0.05) is 30.2 Å². The zero-order chi connectivity index (χ0) is 15.5. The molecule has 1 aromatic carbocycles. The number of rotatable bonds is 4. The molecule has 22 heavy (non-hydrogen) atoms. The lowest BCUT2D eigenvalue weighted by molar-refractivity contribution is 0.315. The minimum atomic E-state index is -0.0524. The highest BCUT2D eigenvalue weighted by Crippen LogP contribution is 2.30. The molecule has 3 unspecified atom stereocenters. The van der Waals surface area contributed by atoms with Crippen molar-refractivity contribution in [3.63, 3.8) is 0 Å². The number of ether oxygens (including phenoxy) is 1. The van der Waals surface area contributed by atoms with Crippen LogP contribution in [-0.4, -0.2) is 24.7 Å². The van der Waals surface area contributed by atoms with Crippen LogP contribution in [0.15, 0.2) is 43.1 Å². The zero-order valence-electron chi connectivity index (χ0n) is 13.0. The smallest absolute Gasteiger partial charge is 0.119 e. The maximum atomic E-state index is 6.56. The van der Waals surface area contributed by atoms with Crippen molar-refractivity contribution in [2.75, 3.05) is 13.7 Å². The fourth-order valence-corrected chi connectivity index (χ4v) is 3.19. The highest BCUT2D eigenvalue weighted by atomic mass is 16.5. The predicted molar refractivity (Wildman–Crippen MR) is 89.9 cm³/mol. The van der Waals surface area contributed by atoms with Gasteiger partial charge in [0.05, 0.1) is 12.6 Å². The predicted octanol–water partition coefficient (Wildman–Crippen LogP) is 2.80. The number of hydrogen-bond acceptors (Lipinski definition) is 4. The van der Waals surface area contributed by atoms with Gasteiger partial charge in [-0.15, -0.1) is 6.58 Å². The molecule has 1 aromatic heterocycles. The van der Waals surface area contributed by atoms with E-state index in [1.165, 1.54) is 0 Å². The molecular weight excluding hydrogens is 274 g/mol. The number of benzene rings is 1. The quantitative estimate of drug-likeness (QED) is 0.852. The Morgan fingerprint density at radius 1 is 1.41 bits per heavy atom. The Bertz CT molecular complexity index is 662. The van der Waals surface area contributed by atoms with Crippen LogP contribution in [-0.2, 0) is 0 Å². The lowest BCUT2D eigenvalue weighted by Crippen LogP contribution is -2.45. The normalized spacial score (nSPS) is 23.2. The summed E-state index contributed by atoms with van der Waals surface area (Å²) in [5.74, 6) is 1.38. The molecule has 0 bridgehead atoms. The van der Waals surface area contributed by atoms with E-state index < -0.39 is 0 Å². The number of nitrogens with two attached hydrogens (primary N) is 1. The molecule has 0 radical (unpaired) electrons. The number of fused-ring (bicyclic) bond motifs is 1. The topological polar surface area (TPSA) is 60.2 Å². The number of piperidine rings is 1. The first-order valence-corrected chi connectivity index (χ1v) is 7.77. The van der Waals surface area contributed by atoms with Gasteiger partial charge in [-0.05, 0) is 48.6 Å². The van der Waals surface area contributed by atoms with Crippen LogP contribution < -0.4 is 15.8 Å². The van der Waals surface area contributed by atoms with Gasteiger partial charge in [0.15, 0.2) is 0 Å². The van der Waals surface area contributed by atoms with Crippen molar-refractivity contribution in [2.24, 2.45) is 11.7 Å². The molecule has 1 aliphatic heterocycles. The second kappa shape index (κ2) is 6.46. The van der Waals surface area contributed by atoms with Gasteiger partial charge in [-0.1, -0.05) is 6.08 Å². The molecule has 1 aliphatic rings. The van der Waals surface area contributed by atoms with Crippen LogP contribution in [0.1, 0.15) is 24.4 Å². The van der Waals surface area contributed by atoms with E-state index in [0.717, 1.165) is 41.6 Å². The van der Waals surface area contributed by atoms with Crippen LogP contribution >= 0.6 is 0 Å². The monoisotopic (exact) mass is 297 g/mol. The van der Waals surface area contributed by atoms with Crippen molar-refractivity contribution in [1.29, 1.82) is 0 Å². The fraction of sp³-hybridized carbons (Fsp3) is 0.389. The standard InChI is InChI=1S/C18H23N3O/c1-3-12-4-6-17(21-11-12)18(19)14-8-9-20-16-7-5-13(22-2)10-15(14)16/h3,5,7-10,12,17-18,21H,1,4,6,11,19H2,2H3. The maximum absolute atomic E-state index is 6.56. The van der Waals surface area contributed by atoms with Crippen molar-refractivity contribution in [3.05, 3.63) is 48.7 Å². The number of pyridine rings is 1. The largest absolute Gasteiger partial charge is 0.497 e. The first-order valence-electron chi connectivity index (χ1n) is 7.77.